The maximum absolute atomic E-state index is 14.0. The summed E-state index contributed by atoms with van der Waals surface area (Å²) in [5.41, 5.74) is -1.15. The second-order valence-electron chi connectivity index (χ2n) is 12.5. The van der Waals surface area contributed by atoms with Gasteiger partial charge < -0.3 is 89.0 Å². The molecule has 11 N–H and O–H groups in total. The van der Waals surface area contributed by atoms with Crippen LogP contribution >= 0.6 is 0 Å². The Balaban J connectivity index is 1.38. The summed E-state index contributed by atoms with van der Waals surface area (Å²) in [6.07, 6.45) is -23.4. The molecule has 0 unspecified atom stereocenters. The lowest BCUT2D eigenvalue weighted by atomic mass is 9.98. The first-order chi connectivity index (χ1) is 24.2. The lowest BCUT2D eigenvalue weighted by molar-refractivity contribution is -0.352. The van der Waals surface area contributed by atoms with E-state index in [0.29, 0.717) is 0 Å². The maximum Gasteiger partial charge on any atom is 0.239 e. The van der Waals surface area contributed by atoms with Gasteiger partial charge in [-0.1, -0.05) is 0 Å². The molecule has 19 heteroatoms. The van der Waals surface area contributed by atoms with Crippen molar-refractivity contribution in [3.05, 3.63) is 46.6 Å². The zero-order chi connectivity index (χ0) is 36.9. The van der Waals surface area contributed by atoms with Gasteiger partial charge in [-0.05, 0) is 31.2 Å². The van der Waals surface area contributed by atoms with Gasteiger partial charge in [0.15, 0.2) is 24.4 Å². The molecule has 4 heterocycles. The van der Waals surface area contributed by atoms with Crippen LogP contribution in [0.15, 0.2) is 45.6 Å². The van der Waals surface area contributed by atoms with Crippen LogP contribution in [0.5, 0.6) is 23.0 Å². The van der Waals surface area contributed by atoms with Gasteiger partial charge in [0.1, 0.15) is 83.2 Å². The first-order valence-electron chi connectivity index (χ1n) is 15.8. The van der Waals surface area contributed by atoms with Gasteiger partial charge in [0, 0.05) is 17.7 Å². The highest BCUT2D eigenvalue weighted by Gasteiger charge is 2.51. The molecule has 51 heavy (non-hydrogen) atoms. The van der Waals surface area contributed by atoms with Crippen molar-refractivity contribution in [2.75, 3.05) is 13.2 Å². The van der Waals surface area contributed by atoms with Crippen molar-refractivity contribution >= 4 is 11.0 Å². The molecule has 0 radical (unpaired) electrons. The molecule has 14 atom stereocenters. The van der Waals surface area contributed by atoms with Crippen molar-refractivity contribution in [2.24, 2.45) is 0 Å². The number of hydrogen-bond donors (Lipinski definition) is 11. The van der Waals surface area contributed by atoms with Gasteiger partial charge in [-0.2, -0.15) is 0 Å². The summed E-state index contributed by atoms with van der Waals surface area (Å²) in [4.78, 5) is 14.0. The van der Waals surface area contributed by atoms with E-state index < -0.39 is 127 Å². The van der Waals surface area contributed by atoms with Crippen LogP contribution < -0.4 is 10.2 Å². The summed E-state index contributed by atoms with van der Waals surface area (Å²) in [7, 11) is 0. The molecule has 3 aromatic rings. The molecule has 0 bridgehead atoms. The monoisotopic (exact) mass is 726 g/mol. The Morgan fingerprint density at radius 3 is 2.14 bits per heavy atom. The van der Waals surface area contributed by atoms with E-state index in [0.717, 1.165) is 12.1 Å². The Morgan fingerprint density at radius 2 is 1.43 bits per heavy atom. The molecular weight excluding hydrogens is 688 g/mol. The van der Waals surface area contributed by atoms with Crippen LogP contribution in [0.1, 0.15) is 6.92 Å². The van der Waals surface area contributed by atoms with Gasteiger partial charge in [-0.3, -0.25) is 4.79 Å². The van der Waals surface area contributed by atoms with Crippen molar-refractivity contribution in [2.45, 2.75) is 92.9 Å². The Hall–Kier alpha value is -3.67. The van der Waals surface area contributed by atoms with E-state index in [9.17, 15) is 61.0 Å². The summed E-state index contributed by atoms with van der Waals surface area (Å²) < 4.78 is 39.9. The maximum atomic E-state index is 14.0. The molecule has 0 saturated carbocycles. The fourth-order valence-corrected chi connectivity index (χ4v) is 5.97. The van der Waals surface area contributed by atoms with Crippen LogP contribution in [0.3, 0.4) is 0 Å². The number of ether oxygens (including phenoxy) is 6. The number of aromatic hydroxyl groups is 3. The number of hydrogen-bond acceptors (Lipinski definition) is 19. The van der Waals surface area contributed by atoms with E-state index in [1.807, 2.05) is 0 Å². The van der Waals surface area contributed by atoms with Gasteiger partial charge in [0.2, 0.25) is 17.5 Å². The van der Waals surface area contributed by atoms with Crippen molar-refractivity contribution in [3.63, 3.8) is 0 Å². The molecule has 0 amide bonds. The average Bonchev–Trinajstić information content (AvgIpc) is 3.09. The largest absolute Gasteiger partial charge is 0.508 e. The van der Waals surface area contributed by atoms with Crippen molar-refractivity contribution < 1.29 is 89.0 Å². The zero-order valence-electron chi connectivity index (χ0n) is 26.6. The average molecular weight is 727 g/mol. The molecule has 0 aliphatic carbocycles. The topological polar surface area (TPSA) is 308 Å². The van der Waals surface area contributed by atoms with Crippen LogP contribution in [0.2, 0.25) is 0 Å². The number of phenols is 3. The number of benzene rings is 2. The first-order valence-corrected chi connectivity index (χ1v) is 15.8. The van der Waals surface area contributed by atoms with Gasteiger partial charge >= 0.3 is 0 Å². The Bertz CT molecular complexity index is 1730. The van der Waals surface area contributed by atoms with E-state index in [1.165, 1.54) is 31.2 Å². The molecule has 2 aromatic carbocycles. The van der Waals surface area contributed by atoms with Crippen molar-refractivity contribution in [3.8, 4) is 34.3 Å². The minimum Gasteiger partial charge on any atom is -0.508 e. The van der Waals surface area contributed by atoms with E-state index in [2.05, 4.69) is 0 Å². The Labute approximate surface area is 287 Å². The van der Waals surface area contributed by atoms with Crippen LogP contribution in [-0.2, 0) is 23.7 Å². The third-order valence-corrected chi connectivity index (χ3v) is 8.90. The number of fused-ring (bicyclic) bond motifs is 1. The number of aliphatic hydroxyl groups is 8. The lowest BCUT2D eigenvalue weighted by Gasteiger charge is -2.45. The van der Waals surface area contributed by atoms with E-state index in [4.69, 9.17) is 32.8 Å². The van der Waals surface area contributed by atoms with E-state index in [-0.39, 0.29) is 22.7 Å². The minimum absolute atomic E-state index is 0.139. The summed E-state index contributed by atoms with van der Waals surface area (Å²) in [6.45, 7) is 0.243. The van der Waals surface area contributed by atoms with Crippen molar-refractivity contribution in [1.82, 2.24) is 0 Å². The second kappa shape index (κ2) is 14.8. The molecule has 19 nitrogen and oxygen atoms in total. The van der Waals surface area contributed by atoms with E-state index >= 15 is 0 Å². The second-order valence-corrected chi connectivity index (χ2v) is 12.5. The molecule has 6 rings (SSSR count). The zero-order valence-corrected chi connectivity index (χ0v) is 26.6. The summed E-state index contributed by atoms with van der Waals surface area (Å²) >= 11 is 0. The predicted octanol–water partition coefficient (Wildman–Crippen LogP) is -2.93. The number of aliphatic hydroxyl groups excluding tert-OH is 8. The predicted molar refractivity (Wildman–Crippen MR) is 165 cm³/mol. The van der Waals surface area contributed by atoms with Crippen LogP contribution in [0.4, 0.5) is 0 Å². The third kappa shape index (κ3) is 7.22. The van der Waals surface area contributed by atoms with Gasteiger partial charge in [0.25, 0.3) is 0 Å². The summed E-state index contributed by atoms with van der Waals surface area (Å²) in [5.74, 6) is -2.27. The third-order valence-electron chi connectivity index (χ3n) is 8.90. The molecule has 280 valence electrons. The Morgan fingerprint density at radius 1 is 0.745 bits per heavy atom. The molecule has 1 aromatic heterocycles. The van der Waals surface area contributed by atoms with Gasteiger partial charge in [-0.15, -0.1) is 0 Å². The lowest BCUT2D eigenvalue weighted by Crippen LogP contribution is -2.64. The smallest absolute Gasteiger partial charge is 0.239 e. The summed E-state index contributed by atoms with van der Waals surface area (Å²) in [6, 6.07) is 7.15. The highest BCUT2D eigenvalue weighted by Crippen LogP contribution is 2.38. The Kier molecular flexibility index (Phi) is 10.7. The first kappa shape index (κ1) is 37.1. The summed E-state index contributed by atoms with van der Waals surface area (Å²) in [5, 5.41) is 114. The number of rotatable bonds is 8. The van der Waals surface area contributed by atoms with Crippen LogP contribution in [0.25, 0.3) is 22.3 Å². The van der Waals surface area contributed by atoms with Crippen LogP contribution in [0, 0.1) is 0 Å². The fourth-order valence-electron chi connectivity index (χ4n) is 5.97. The molecule has 3 fully saturated rings. The molecule has 3 aliphatic rings. The number of phenolic OH excluding ortho intramolecular Hbond substituents is 3. The minimum atomic E-state index is -1.99. The molecule has 3 aliphatic heterocycles. The van der Waals surface area contributed by atoms with Crippen molar-refractivity contribution in [1.29, 1.82) is 0 Å². The standard InChI is InChI=1S/C32H38O19/c1-10-19(37)23(41)26(44)30(47-10)46-9-17-21(39)24(42)29(51-31-25(43)20(38)15(36)8-45-31)32(49-17)50-28-22(40)18-14(35)6-13(34)7-16(18)48-27(28)11-2-4-12(33)5-3-11/h2-7,10,15,17,19-21,23-26,29-39,41-44H,8-9H2,1H3/t10-,15+,17+,19-,20-,21-,23+,24-,25+,26+,29+,30+,31-,32-/m0/s1. The van der Waals surface area contributed by atoms with Crippen LogP contribution in [-0.4, -0.2) is 155 Å². The quantitative estimate of drug-likeness (QED) is 0.111. The molecule has 3 saturated heterocycles. The fraction of sp³-hybridized carbons (Fsp3) is 0.531. The van der Waals surface area contributed by atoms with Gasteiger partial charge in [0.05, 0.1) is 19.3 Å². The molecule has 0 spiro atoms. The SMILES string of the molecule is C[C@@H]1O[C@@H](OC[C@H]2O[C@@H](Oc3c(-c4ccc(O)cc4)oc4cc(O)cc(O)c4c3=O)[C@H](O[C@@H]3OC[C@@H](O)[C@H](O)[C@H]3O)[C@@H](O)[C@H]2O)[C@H](O)[C@H](O)[C@H]1O. The normalized spacial score (nSPS) is 37.4. The molecular formula is C32H38O19. The highest BCUT2D eigenvalue weighted by molar-refractivity contribution is 5.88. The van der Waals surface area contributed by atoms with Gasteiger partial charge in [-0.25, -0.2) is 0 Å². The van der Waals surface area contributed by atoms with E-state index in [1.54, 1.807) is 0 Å². The highest BCUT2D eigenvalue weighted by atomic mass is 16.8.